The summed E-state index contributed by atoms with van der Waals surface area (Å²) in [6.07, 6.45) is 13.4. The molecule has 2 N–H and O–H groups in total. The van der Waals surface area contributed by atoms with E-state index in [-0.39, 0.29) is 0 Å². The van der Waals surface area contributed by atoms with Gasteiger partial charge in [-0.05, 0) is 30.5 Å². The summed E-state index contributed by atoms with van der Waals surface area (Å²) in [6, 6.07) is 8.67. The second-order valence-corrected chi connectivity index (χ2v) is 5.28. The van der Waals surface area contributed by atoms with Crippen molar-refractivity contribution in [3.05, 3.63) is 49.1 Å². The minimum absolute atomic E-state index is 0.816. The van der Waals surface area contributed by atoms with E-state index in [0.717, 1.165) is 19.5 Å². The average Bonchev–Trinajstić information content (AvgIpc) is 2.49. The highest BCUT2D eigenvalue weighted by molar-refractivity contribution is 5.60. The lowest BCUT2D eigenvalue weighted by Crippen LogP contribution is -2.32. The molecule has 0 radical (unpaired) electrons. The Morgan fingerprint density at radius 3 is 1.95 bits per heavy atom. The quantitative estimate of drug-likeness (QED) is 0.606. The van der Waals surface area contributed by atoms with Crippen molar-refractivity contribution in [3.8, 4) is 11.1 Å². The van der Waals surface area contributed by atoms with Gasteiger partial charge in [0.05, 0.1) is 0 Å². The Bertz CT molecular complexity index is 503. The molecule has 0 aliphatic rings. The lowest BCUT2D eigenvalue weighted by atomic mass is 10.1. The van der Waals surface area contributed by atoms with Crippen LogP contribution in [0, 0.1) is 0 Å². The van der Waals surface area contributed by atoms with E-state index in [1.54, 1.807) is 0 Å². The predicted octanol–water partition coefficient (Wildman–Crippen LogP) is 1.98. The van der Waals surface area contributed by atoms with Gasteiger partial charge in [0.15, 0.2) is 24.8 Å². The number of nitrogens with zero attached hydrogens (tertiary/aromatic N) is 2. The number of nitrogens with two attached hydrogens (primary N) is 1. The third-order valence-corrected chi connectivity index (χ3v) is 3.57. The van der Waals surface area contributed by atoms with Crippen LogP contribution in [0.4, 0.5) is 0 Å². The van der Waals surface area contributed by atoms with Crippen molar-refractivity contribution < 1.29 is 9.13 Å². The van der Waals surface area contributed by atoms with E-state index in [4.69, 9.17) is 5.73 Å². The van der Waals surface area contributed by atoms with Crippen LogP contribution >= 0.6 is 0 Å². The first-order valence-electron chi connectivity index (χ1n) is 7.44. The van der Waals surface area contributed by atoms with Gasteiger partial charge < -0.3 is 5.73 Å². The molecule has 0 amide bonds. The van der Waals surface area contributed by atoms with Crippen molar-refractivity contribution >= 4 is 0 Å². The highest BCUT2D eigenvalue weighted by atomic mass is 14.9. The summed E-state index contributed by atoms with van der Waals surface area (Å²) in [6.45, 7) is 1.91. The van der Waals surface area contributed by atoms with Crippen LogP contribution in [0.15, 0.2) is 49.1 Å². The Morgan fingerprint density at radius 1 is 0.800 bits per heavy atom. The summed E-state index contributed by atoms with van der Waals surface area (Å²) in [5.74, 6) is 0. The average molecular weight is 271 g/mol. The first-order chi connectivity index (χ1) is 9.79. The van der Waals surface area contributed by atoms with Crippen molar-refractivity contribution in [2.45, 2.75) is 32.2 Å². The van der Waals surface area contributed by atoms with Crippen molar-refractivity contribution in [1.82, 2.24) is 0 Å². The SMILES string of the molecule is C[n+]1ccc(-c2cc[n+](CCCCCCN)cc2)cc1. The second-order valence-electron chi connectivity index (χ2n) is 5.28. The topological polar surface area (TPSA) is 33.8 Å². The molecule has 20 heavy (non-hydrogen) atoms. The third kappa shape index (κ3) is 4.42. The van der Waals surface area contributed by atoms with Crippen LogP contribution in [0.1, 0.15) is 25.7 Å². The molecule has 0 aromatic carbocycles. The number of aromatic nitrogens is 2. The van der Waals surface area contributed by atoms with Crippen LogP contribution in [-0.2, 0) is 13.6 Å². The van der Waals surface area contributed by atoms with Gasteiger partial charge in [0.25, 0.3) is 0 Å². The molecule has 106 valence electrons. The fourth-order valence-corrected chi connectivity index (χ4v) is 2.28. The van der Waals surface area contributed by atoms with Gasteiger partial charge in [0, 0.05) is 30.7 Å². The molecule has 0 spiro atoms. The number of hydrogen-bond donors (Lipinski definition) is 1. The summed E-state index contributed by atoms with van der Waals surface area (Å²) in [5, 5.41) is 0. The van der Waals surface area contributed by atoms with Gasteiger partial charge >= 0.3 is 0 Å². The molecule has 2 rings (SSSR count). The van der Waals surface area contributed by atoms with Gasteiger partial charge in [0.2, 0.25) is 0 Å². The highest BCUT2D eigenvalue weighted by Gasteiger charge is 2.04. The van der Waals surface area contributed by atoms with E-state index in [0.29, 0.717) is 0 Å². The van der Waals surface area contributed by atoms with Crippen molar-refractivity contribution in [3.63, 3.8) is 0 Å². The lowest BCUT2D eigenvalue weighted by Gasteiger charge is -2.01. The van der Waals surface area contributed by atoms with Gasteiger partial charge in [-0.2, -0.15) is 0 Å². The number of unbranched alkanes of at least 4 members (excludes halogenated alkanes) is 3. The van der Waals surface area contributed by atoms with E-state index >= 15 is 0 Å². The van der Waals surface area contributed by atoms with Crippen molar-refractivity contribution in [1.29, 1.82) is 0 Å². The minimum atomic E-state index is 0.816. The molecule has 0 saturated heterocycles. The lowest BCUT2D eigenvalue weighted by molar-refractivity contribution is -0.697. The molecule has 3 heteroatoms. The monoisotopic (exact) mass is 271 g/mol. The highest BCUT2D eigenvalue weighted by Crippen LogP contribution is 2.15. The zero-order valence-electron chi connectivity index (χ0n) is 12.3. The molecule has 0 atom stereocenters. The van der Waals surface area contributed by atoms with Gasteiger partial charge in [0.1, 0.15) is 13.6 Å². The van der Waals surface area contributed by atoms with Crippen LogP contribution in [0.2, 0.25) is 0 Å². The number of rotatable bonds is 7. The fraction of sp³-hybridized carbons (Fsp3) is 0.412. The molecule has 0 fully saturated rings. The van der Waals surface area contributed by atoms with Crippen LogP contribution in [0.5, 0.6) is 0 Å². The van der Waals surface area contributed by atoms with E-state index in [2.05, 4.69) is 53.6 Å². The molecule has 0 aliphatic heterocycles. The maximum absolute atomic E-state index is 5.50. The number of pyridine rings is 2. The molecular formula is C17H25N3+2. The Kier molecular flexibility index (Phi) is 5.69. The Morgan fingerprint density at radius 2 is 1.35 bits per heavy atom. The zero-order chi connectivity index (χ0) is 14.2. The molecule has 0 saturated carbocycles. The van der Waals surface area contributed by atoms with E-state index in [9.17, 15) is 0 Å². The second kappa shape index (κ2) is 7.75. The smallest absolute Gasteiger partial charge is 0.169 e. The molecule has 2 aromatic heterocycles. The third-order valence-electron chi connectivity index (χ3n) is 3.57. The Balaban J connectivity index is 1.88. The first-order valence-corrected chi connectivity index (χ1v) is 7.44. The maximum Gasteiger partial charge on any atom is 0.169 e. The summed E-state index contributed by atoms with van der Waals surface area (Å²) >= 11 is 0. The summed E-state index contributed by atoms with van der Waals surface area (Å²) in [5.41, 5.74) is 8.03. The molecular weight excluding hydrogens is 246 g/mol. The maximum atomic E-state index is 5.50. The van der Waals surface area contributed by atoms with Gasteiger partial charge in [-0.25, -0.2) is 9.13 Å². The summed E-state index contributed by atoms with van der Waals surface area (Å²) < 4.78 is 4.31. The first kappa shape index (κ1) is 14.7. The van der Waals surface area contributed by atoms with Crippen molar-refractivity contribution in [2.75, 3.05) is 6.54 Å². The van der Waals surface area contributed by atoms with Crippen molar-refractivity contribution in [2.24, 2.45) is 12.8 Å². The summed E-state index contributed by atoms with van der Waals surface area (Å²) in [4.78, 5) is 0. The predicted molar refractivity (Wildman–Crippen MR) is 80.8 cm³/mol. The van der Waals surface area contributed by atoms with Crippen LogP contribution in [0.3, 0.4) is 0 Å². The summed E-state index contributed by atoms with van der Waals surface area (Å²) in [7, 11) is 2.04. The van der Waals surface area contributed by atoms with E-state index in [1.165, 1.54) is 30.4 Å². The van der Waals surface area contributed by atoms with E-state index in [1.807, 2.05) is 11.6 Å². The van der Waals surface area contributed by atoms with Crippen LogP contribution in [0.25, 0.3) is 11.1 Å². The fourth-order valence-electron chi connectivity index (χ4n) is 2.28. The number of hydrogen-bond acceptors (Lipinski definition) is 1. The molecule has 2 heterocycles. The molecule has 3 nitrogen and oxygen atoms in total. The van der Waals surface area contributed by atoms with Crippen LogP contribution < -0.4 is 14.9 Å². The molecule has 2 aromatic rings. The normalized spacial score (nSPS) is 10.7. The minimum Gasteiger partial charge on any atom is -0.330 e. The Hall–Kier alpha value is -1.74. The Labute approximate surface area is 121 Å². The largest absolute Gasteiger partial charge is 0.330 e. The standard InChI is InChI=1S/C17H25N3/c1-19-12-6-16(7-13-19)17-8-14-20(15-9-17)11-5-3-2-4-10-18/h6-9,12-15H,2-5,10-11,18H2,1H3/q+2. The molecule has 0 bridgehead atoms. The zero-order valence-corrected chi connectivity index (χ0v) is 12.3. The van der Waals surface area contributed by atoms with Gasteiger partial charge in [-0.15, -0.1) is 0 Å². The molecule has 0 aliphatic carbocycles. The van der Waals surface area contributed by atoms with Crippen LogP contribution in [-0.4, -0.2) is 6.54 Å². The van der Waals surface area contributed by atoms with Gasteiger partial charge in [-0.3, -0.25) is 0 Å². The van der Waals surface area contributed by atoms with E-state index < -0.39 is 0 Å². The number of aryl methyl sites for hydroxylation is 2. The van der Waals surface area contributed by atoms with Gasteiger partial charge in [-0.1, -0.05) is 6.42 Å². The molecule has 0 unspecified atom stereocenters.